The maximum atomic E-state index is 4.72. The molecule has 6 aromatic rings. The first-order chi connectivity index (χ1) is 13.4. The van der Waals surface area contributed by atoms with E-state index in [0.717, 1.165) is 16.9 Å². The minimum Gasteiger partial charge on any atom is -0.299 e. The smallest absolute Gasteiger partial charge is 0.102 e. The molecule has 0 unspecified atom stereocenters. The number of para-hydroxylation sites is 1. The lowest BCUT2D eigenvalue weighted by Gasteiger charge is -2.04. The number of rotatable bonds is 2. The summed E-state index contributed by atoms with van der Waals surface area (Å²) in [6.45, 7) is 0. The molecule has 0 saturated heterocycles. The van der Waals surface area contributed by atoms with Crippen molar-refractivity contribution in [2.24, 2.45) is 0 Å². The van der Waals surface area contributed by atoms with E-state index >= 15 is 0 Å². The normalized spacial score (nSPS) is 11.7. The van der Waals surface area contributed by atoms with Crippen LogP contribution in [0.25, 0.3) is 47.6 Å². The van der Waals surface area contributed by atoms with Gasteiger partial charge in [-0.1, -0.05) is 24.3 Å². The fourth-order valence-corrected chi connectivity index (χ4v) is 5.75. The number of fused-ring (bicyclic) bond motifs is 4. The number of hydrogen-bond donors (Lipinski definition) is 0. The first-order valence-electron chi connectivity index (χ1n) is 8.66. The van der Waals surface area contributed by atoms with E-state index < -0.39 is 0 Å². The maximum Gasteiger partial charge on any atom is 0.102 e. The van der Waals surface area contributed by atoms with Crippen LogP contribution in [0.15, 0.2) is 78.4 Å². The lowest BCUT2D eigenvalue weighted by Crippen LogP contribution is -1.91. The van der Waals surface area contributed by atoms with Crippen LogP contribution >= 0.6 is 22.7 Å². The third-order valence-electron chi connectivity index (χ3n) is 4.83. The summed E-state index contributed by atoms with van der Waals surface area (Å²) in [5.74, 6) is 0. The molecule has 5 heterocycles. The second-order valence-corrected chi connectivity index (χ2v) is 8.40. The summed E-state index contributed by atoms with van der Waals surface area (Å²) >= 11 is 3.61. The van der Waals surface area contributed by atoms with Crippen LogP contribution in [0.2, 0.25) is 0 Å². The van der Waals surface area contributed by atoms with Gasteiger partial charge in [-0.3, -0.25) is 14.5 Å². The Morgan fingerprint density at radius 1 is 0.741 bits per heavy atom. The average molecular weight is 384 g/mol. The molecular weight excluding hydrogens is 370 g/mol. The predicted molar refractivity (Wildman–Crippen MR) is 115 cm³/mol. The molecule has 0 aliphatic carbocycles. The van der Waals surface area contributed by atoms with Gasteiger partial charge in [0, 0.05) is 26.4 Å². The van der Waals surface area contributed by atoms with Crippen molar-refractivity contribution in [2.75, 3.05) is 0 Å². The molecule has 0 aliphatic heterocycles. The third kappa shape index (κ3) is 2.25. The molecule has 0 amide bonds. The van der Waals surface area contributed by atoms with Gasteiger partial charge >= 0.3 is 0 Å². The van der Waals surface area contributed by atoms with Crippen LogP contribution in [-0.2, 0) is 0 Å². The zero-order valence-electron chi connectivity index (χ0n) is 14.2. The summed E-state index contributed by atoms with van der Waals surface area (Å²) in [4.78, 5) is 9.18. The highest BCUT2D eigenvalue weighted by atomic mass is 32.1. The molecule has 1 aromatic carbocycles. The molecule has 0 fully saturated rings. The van der Waals surface area contributed by atoms with E-state index in [1.54, 1.807) is 11.3 Å². The lowest BCUT2D eigenvalue weighted by molar-refractivity contribution is 1.20. The van der Waals surface area contributed by atoms with E-state index in [9.17, 15) is 0 Å². The van der Waals surface area contributed by atoms with Crippen LogP contribution in [0, 0.1) is 0 Å². The quantitative estimate of drug-likeness (QED) is 0.341. The van der Waals surface area contributed by atoms with Gasteiger partial charge in [0.2, 0.25) is 0 Å². The van der Waals surface area contributed by atoms with Crippen LogP contribution in [0.1, 0.15) is 0 Å². The molecule has 0 saturated carbocycles. The summed E-state index contributed by atoms with van der Waals surface area (Å²) in [6, 6.07) is 21.1. The molecule has 0 spiro atoms. The molecule has 0 bridgehead atoms. The zero-order chi connectivity index (χ0) is 17.8. The molecule has 0 radical (unpaired) electrons. The molecule has 5 aromatic heterocycles. The Hall–Kier alpha value is -3.02. The fraction of sp³-hybridized carbons (Fsp3) is 0. The molecule has 3 nitrogen and oxygen atoms in total. The monoisotopic (exact) mass is 383 g/mol. The number of hydrogen-bond acceptors (Lipinski definition) is 4. The molecule has 27 heavy (non-hydrogen) atoms. The van der Waals surface area contributed by atoms with Crippen LogP contribution in [-0.4, -0.2) is 14.5 Å². The van der Waals surface area contributed by atoms with Crippen molar-refractivity contribution in [1.82, 2.24) is 14.5 Å². The van der Waals surface area contributed by atoms with Gasteiger partial charge in [0.25, 0.3) is 0 Å². The molecular formula is C22H13N3S2. The molecule has 5 heteroatoms. The SMILES string of the molecule is c1ccc(-c2cc3c4ccccc4n(-c4cc5sccc5s4)c3cn2)nc1. The highest BCUT2D eigenvalue weighted by molar-refractivity contribution is 7.28. The van der Waals surface area contributed by atoms with E-state index in [1.807, 2.05) is 41.9 Å². The zero-order valence-corrected chi connectivity index (χ0v) is 15.8. The first-order valence-corrected chi connectivity index (χ1v) is 10.4. The Kier molecular flexibility index (Phi) is 3.21. The minimum atomic E-state index is 0.896. The number of thiophene rings is 2. The van der Waals surface area contributed by atoms with Crippen LogP contribution in [0.3, 0.4) is 0 Å². The van der Waals surface area contributed by atoms with Gasteiger partial charge in [-0.15, -0.1) is 22.7 Å². The van der Waals surface area contributed by atoms with E-state index in [2.05, 4.69) is 57.4 Å². The number of aromatic nitrogens is 3. The lowest BCUT2D eigenvalue weighted by atomic mass is 10.1. The average Bonchev–Trinajstić information content (AvgIpc) is 3.39. The highest BCUT2D eigenvalue weighted by Gasteiger charge is 2.15. The summed E-state index contributed by atoms with van der Waals surface area (Å²) in [7, 11) is 0. The van der Waals surface area contributed by atoms with Gasteiger partial charge in [-0.05, 0) is 41.8 Å². The van der Waals surface area contributed by atoms with Crippen molar-refractivity contribution < 1.29 is 0 Å². The van der Waals surface area contributed by atoms with Crippen molar-refractivity contribution in [3.05, 3.63) is 78.4 Å². The van der Waals surface area contributed by atoms with Gasteiger partial charge in [-0.2, -0.15) is 0 Å². The number of nitrogens with zero attached hydrogens (tertiary/aromatic N) is 3. The van der Waals surface area contributed by atoms with Crippen molar-refractivity contribution >= 4 is 53.9 Å². The molecule has 128 valence electrons. The van der Waals surface area contributed by atoms with E-state index in [0.29, 0.717) is 0 Å². The van der Waals surface area contributed by atoms with Crippen molar-refractivity contribution in [3.63, 3.8) is 0 Å². The first kappa shape index (κ1) is 15.1. The minimum absolute atomic E-state index is 0.896. The second-order valence-electron chi connectivity index (χ2n) is 6.39. The maximum absolute atomic E-state index is 4.72. The highest BCUT2D eigenvalue weighted by Crippen LogP contribution is 2.38. The Bertz CT molecular complexity index is 1400. The molecule has 0 aliphatic rings. The van der Waals surface area contributed by atoms with E-state index in [1.165, 1.54) is 30.7 Å². The summed E-state index contributed by atoms with van der Waals surface area (Å²) in [5.41, 5.74) is 4.14. The van der Waals surface area contributed by atoms with Crippen LogP contribution in [0.4, 0.5) is 0 Å². The Balaban J connectivity index is 1.68. The largest absolute Gasteiger partial charge is 0.299 e. The Morgan fingerprint density at radius 2 is 1.67 bits per heavy atom. The van der Waals surface area contributed by atoms with Crippen LogP contribution in [0.5, 0.6) is 0 Å². The van der Waals surface area contributed by atoms with Gasteiger partial charge in [-0.25, -0.2) is 0 Å². The topological polar surface area (TPSA) is 30.7 Å². The molecule has 6 rings (SSSR count). The summed E-state index contributed by atoms with van der Waals surface area (Å²) < 4.78 is 5.00. The van der Waals surface area contributed by atoms with Gasteiger partial charge in [0.1, 0.15) is 5.00 Å². The van der Waals surface area contributed by atoms with E-state index in [-0.39, 0.29) is 0 Å². The van der Waals surface area contributed by atoms with Crippen molar-refractivity contribution in [3.8, 4) is 16.4 Å². The van der Waals surface area contributed by atoms with Crippen molar-refractivity contribution in [2.45, 2.75) is 0 Å². The predicted octanol–water partition coefficient (Wildman–Crippen LogP) is 6.52. The fourth-order valence-electron chi connectivity index (χ4n) is 3.62. The third-order valence-corrected chi connectivity index (χ3v) is 6.91. The van der Waals surface area contributed by atoms with E-state index in [4.69, 9.17) is 4.98 Å². The number of pyridine rings is 2. The standard InChI is InChI=1S/C22H13N3S2/c1-2-7-18-14(5-1)15-11-17(16-6-3-4-9-23-16)24-13-19(15)25(18)22-12-21-20(27-22)8-10-26-21/h1-13H. The van der Waals surface area contributed by atoms with Crippen LogP contribution < -0.4 is 0 Å². The number of benzene rings is 1. The van der Waals surface area contributed by atoms with Gasteiger partial charge in [0.05, 0.1) is 28.6 Å². The van der Waals surface area contributed by atoms with Gasteiger partial charge in [0.15, 0.2) is 0 Å². The second kappa shape index (κ2) is 5.74. The summed E-state index contributed by atoms with van der Waals surface area (Å²) in [6.07, 6.45) is 3.79. The molecule has 0 atom stereocenters. The Morgan fingerprint density at radius 3 is 2.56 bits per heavy atom. The summed E-state index contributed by atoms with van der Waals surface area (Å²) in [5, 5.41) is 5.83. The van der Waals surface area contributed by atoms with Gasteiger partial charge < -0.3 is 0 Å². The Labute approximate surface area is 163 Å². The molecule has 0 N–H and O–H groups in total. The van der Waals surface area contributed by atoms with Crippen molar-refractivity contribution in [1.29, 1.82) is 0 Å².